The molecule has 4 heteroatoms. The minimum Gasteiger partial charge on any atom is -0.455 e. The number of rotatable bonds is 5. The normalized spacial score (nSPS) is 11.9. The number of benzene rings is 9. The summed E-state index contributed by atoms with van der Waals surface area (Å²) in [5.41, 5.74) is 12.2. The molecule has 0 atom stereocenters. The molecule has 0 radical (unpaired) electrons. The fourth-order valence-electron chi connectivity index (χ4n) is 8.87. The monoisotopic (exact) mass is 716 g/mol. The van der Waals surface area contributed by atoms with Crippen molar-refractivity contribution in [1.82, 2.24) is 4.57 Å². The SMILES string of the molecule is c1ccc(-n2c3ccccc3c3cc(-c4cccc(N(c5cccc6c5oc5ccccc56)c5cccc6oc7c8ccccc8ccc7c56)c4)ccc32)cc1. The van der Waals surface area contributed by atoms with Gasteiger partial charge >= 0.3 is 0 Å². The maximum Gasteiger partial charge on any atom is 0.159 e. The van der Waals surface area contributed by atoms with E-state index in [0.717, 1.165) is 88.5 Å². The summed E-state index contributed by atoms with van der Waals surface area (Å²) < 4.78 is 15.8. The number of furan rings is 2. The highest BCUT2D eigenvalue weighted by molar-refractivity contribution is 6.20. The number of para-hydroxylation sites is 4. The van der Waals surface area contributed by atoms with E-state index in [1.165, 1.54) is 21.8 Å². The molecule has 0 bridgehead atoms. The molecule has 3 aromatic heterocycles. The quantitative estimate of drug-likeness (QED) is 0.178. The highest BCUT2D eigenvalue weighted by Crippen LogP contribution is 2.48. The molecule has 12 aromatic rings. The van der Waals surface area contributed by atoms with Gasteiger partial charge in [-0.2, -0.15) is 0 Å². The van der Waals surface area contributed by atoms with Gasteiger partial charge in [-0.05, 0) is 89.3 Å². The standard InChI is InChI=1S/C52H32N2O2/c1-2-15-36(16-3-1)53-44-22-8-6-19-39(44)43-32-35(28-30-45(43)53)34-14-10-17-37(31-34)54(47-24-11-21-41-40-20-7-9-25-48(40)55-52(41)47)46-23-12-26-49-50(46)42-29-27-33-13-4-5-18-38(33)51(42)56-49/h1-32H. The molecular weight excluding hydrogens is 685 g/mol. The summed E-state index contributed by atoms with van der Waals surface area (Å²) in [7, 11) is 0. The van der Waals surface area contributed by atoms with Crippen LogP contribution in [0.5, 0.6) is 0 Å². The number of fused-ring (bicyclic) bond motifs is 11. The van der Waals surface area contributed by atoms with Crippen molar-refractivity contribution in [3.8, 4) is 16.8 Å². The van der Waals surface area contributed by atoms with Crippen molar-refractivity contribution >= 4 is 93.5 Å². The maximum atomic E-state index is 6.72. The molecule has 0 amide bonds. The lowest BCUT2D eigenvalue weighted by atomic mass is 10.0. The van der Waals surface area contributed by atoms with Gasteiger partial charge in [0, 0.05) is 43.7 Å². The summed E-state index contributed by atoms with van der Waals surface area (Å²) in [6.07, 6.45) is 0. The van der Waals surface area contributed by atoms with E-state index in [1.54, 1.807) is 0 Å². The van der Waals surface area contributed by atoms with E-state index >= 15 is 0 Å². The van der Waals surface area contributed by atoms with E-state index < -0.39 is 0 Å². The zero-order valence-corrected chi connectivity index (χ0v) is 30.2. The van der Waals surface area contributed by atoms with Crippen LogP contribution in [0.15, 0.2) is 203 Å². The average molecular weight is 717 g/mol. The molecule has 3 heterocycles. The van der Waals surface area contributed by atoms with Gasteiger partial charge in [0.05, 0.1) is 27.8 Å². The van der Waals surface area contributed by atoms with E-state index in [9.17, 15) is 0 Å². The molecule has 0 aliphatic carbocycles. The van der Waals surface area contributed by atoms with E-state index in [4.69, 9.17) is 8.83 Å². The number of nitrogens with zero attached hydrogens (tertiary/aromatic N) is 2. The van der Waals surface area contributed by atoms with E-state index in [0.29, 0.717) is 0 Å². The van der Waals surface area contributed by atoms with Crippen LogP contribution in [0.25, 0.3) is 93.3 Å². The lowest BCUT2D eigenvalue weighted by molar-refractivity contribution is 0.669. The fourth-order valence-corrected chi connectivity index (χ4v) is 8.87. The Kier molecular flexibility index (Phi) is 6.60. The van der Waals surface area contributed by atoms with Crippen molar-refractivity contribution in [2.24, 2.45) is 0 Å². The molecule has 0 saturated heterocycles. The van der Waals surface area contributed by atoms with Gasteiger partial charge in [-0.1, -0.05) is 121 Å². The molecule has 56 heavy (non-hydrogen) atoms. The van der Waals surface area contributed by atoms with Crippen LogP contribution in [-0.4, -0.2) is 4.57 Å². The van der Waals surface area contributed by atoms with Gasteiger partial charge in [-0.3, -0.25) is 0 Å². The van der Waals surface area contributed by atoms with E-state index in [-0.39, 0.29) is 0 Å². The van der Waals surface area contributed by atoms with Crippen molar-refractivity contribution in [2.75, 3.05) is 4.90 Å². The van der Waals surface area contributed by atoms with Crippen LogP contribution in [0.4, 0.5) is 17.1 Å². The topological polar surface area (TPSA) is 34.5 Å². The van der Waals surface area contributed by atoms with E-state index in [1.807, 2.05) is 12.1 Å². The first-order valence-electron chi connectivity index (χ1n) is 19.0. The van der Waals surface area contributed by atoms with Crippen LogP contribution in [-0.2, 0) is 0 Å². The second-order valence-electron chi connectivity index (χ2n) is 14.5. The molecule has 9 aromatic carbocycles. The highest BCUT2D eigenvalue weighted by Gasteiger charge is 2.24. The number of hydrogen-bond acceptors (Lipinski definition) is 3. The first-order valence-corrected chi connectivity index (χ1v) is 19.0. The van der Waals surface area contributed by atoms with Crippen LogP contribution < -0.4 is 4.90 Å². The second-order valence-corrected chi connectivity index (χ2v) is 14.5. The van der Waals surface area contributed by atoms with Gasteiger partial charge in [-0.25, -0.2) is 0 Å². The van der Waals surface area contributed by atoms with Crippen molar-refractivity contribution in [3.63, 3.8) is 0 Å². The largest absolute Gasteiger partial charge is 0.455 e. The lowest BCUT2D eigenvalue weighted by Crippen LogP contribution is -2.10. The predicted octanol–water partition coefficient (Wildman–Crippen LogP) is 14.9. The molecule has 0 unspecified atom stereocenters. The summed E-state index contributed by atoms with van der Waals surface area (Å²) >= 11 is 0. The van der Waals surface area contributed by atoms with Crippen molar-refractivity contribution in [3.05, 3.63) is 194 Å². The van der Waals surface area contributed by atoms with Gasteiger partial charge in [-0.15, -0.1) is 0 Å². The third-order valence-electron chi connectivity index (χ3n) is 11.4. The lowest BCUT2D eigenvalue weighted by Gasteiger charge is -2.26. The van der Waals surface area contributed by atoms with Crippen LogP contribution in [0, 0.1) is 0 Å². The molecule has 0 fully saturated rings. The van der Waals surface area contributed by atoms with Crippen molar-refractivity contribution < 1.29 is 8.83 Å². The smallest absolute Gasteiger partial charge is 0.159 e. The Hall–Kier alpha value is -7.56. The van der Waals surface area contributed by atoms with Gasteiger partial charge in [0.2, 0.25) is 0 Å². The number of anilines is 3. The minimum atomic E-state index is 0.837. The molecule has 0 N–H and O–H groups in total. The summed E-state index contributed by atoms with van der Waals surface area (Å²) in [5.74, 6) is 0. The third kappa shape index (κ3) is 4.53. The second kappa shape index (κ2) is 12.0. The van der Waals surface area contributed by atoms with Crippen LogP contribution in [0.3, 0.4) is 0 Å². The Morgan fingerprint density at radius 3 is 1.98 bits per heavy atom. The van der Waals surface area contributed by atoms with Crippen LogP contribution in [0.2, 0.25) is 0 Å². The van der Waals surface area contributed by atoms with Crippen LogP contribution in [0.1, 0.15) is 0 Å². The molecule has 0 spiro atoms. The molecular formula is C52H32N2O2. The average Bonchev–Trinajstić information content (AvgIpc) is 3.95. The molecule has 262 valence electrons. The summed E-state index contributed by atoms with van der Waals surface area (Å²) in [4.78, 5) is 2.35. The molecule has 0 aliphatic rings. The van der Waals surface area contributed by atoms with Gasteiger partial charge in [0.25, 0.3) is 0 Å². The molecule has 4 nitrogen and oxygen atoms in total. The Morgan fingerprint density at radius 2 is 1.05 bits per heavy atom. The van der Waals surface area contributed by atoms with Gasteiger partial charge in [0.1, 0.15) is 16.7 Å². The minimum absolute atomic E-state index is 0.837. The van der Waals surface area contributed by atoms with Gasteiger partial charge in [0.15, 0.2) is 5.58 Å². The zero-order chi connectivity index (χ0) is 36.7. The van der Waals surface area contributed by atoms with Gasteiger partial charge < -0.3 is 18.3 Å². The summed E-state index contributed by atoms with van der Waals surface area (Å²) in [5, 5.41) is 9.01. The fraction of sp³-hybridized carbons (Fsp3) is 0. The Balaban J connectivity index is 1.10. The Morgan fingerprint density at radius 1 is 0.375 bits per heavy atom. The van der Waals surface area contributed by atoms with E-state index in [2.05, 4.69) is 191 Å². The summed E-state index contributed by atoms with van der Waals surface area (Å²) in [6, 6.07) is 68.9. The maximum absolute atomic E-state index is 6.72. The number of hydrogen-bond donors (Lipinski definition) is 0. The first-order chi connectivity index (χ1) is 27.8. The van der Waals surface area contributed by atoms with Crippen molar-refractivity contribution in [2.45, 2.75) is 0 Å². The molecule has 0 aliphatic heterocycles. The first kappa shape index (κ1) is 30.9. The Bertz CT molecular complexity index is 3500. The predicted molar refractivity (Wildman–Crippen MR) is 233 cm³/mol. The number of aromatic nitrogens is 1. The van der Waals surface area contributed by atoms with Crippen molar-refractivity contribution in [1.29, 1.82) is 0 Å². The molecule has 12 rings (SSSR count). The van der Waals surface area contributed by atoms with Crippen LogP contribution >= 0.6 is 0 Å². The summed E-state index contributed by atoms with van der Waals surface area (Å²) in [6.45, 7) is 0. The third-order valence-corrected chi connectivity index (χ3v) is 11.4. The highest BCUT2D eigenvalue weighted by atomic mass is 16.3. The zero-order valence-electron chi connectivity index (χ0n) is 30.2. The molecule has 0 saturated carbocycles. The Labute approximate surface area is 321 Å².